The van der Waals surface area contributed by atoms with Crippen LogP contribution in [-0.4, -0.2) is 39.4 Å². The molecule has 0 saturated carbocycles. The van der Waals surface area contributed by atoms with Crippen molar-refractivity contribution < 1.29 is 13.9 Å². The van der Waals surface area contributed by atoms with Gasteiger partial charge in [-0.2, -0.15) is 0 Å². The second-order valence-corrected chi connectivity index (χ2v) is 6.66. The average molecular weight is 353 g/mol. The number of halogens is 1. The largest absolute Gasteiger partial charge is 0.490 e. The van der Waals surface area contributed by atoms with Crippen LogP contribution in [0.2, 0.25) is 0 Å². The van der Waals surface area contributed by atoms with Gasteiger partial charge < -0.3 is 14.0 Å². The first-order valence-corrected chi connectivity index (χ1v) is 8.75. The first-order chi connectivity index (χ1) is 12.6. The molecule has 0 spiro atoms. The van der Waals surface area contributed by atoms with Crippen LogP contribution in [0.25, 0.3) is 5.65 Å². The number of amides is 1. The van der Waals surface area contributed by atoms with Gasteiger partial charge in [-0.05, 0) is 42.8 Å². The van der Waals surface area contributed by atoms with Gasteiger partial charge in [-0.3, -0.25) is 4.79 Å². The zero-order chi connectivity index (χ0) is 18.1. The Hall–Kier alpha value is -2.89. The molecule has 134 valence electrons. The van der Waals surface area contributed by atoms with Crippen LogP contribution in [0.1, 0.15) is 28.9 Å². The summed E-state index contributed by atoms with van der Waals surface area (Å²) in [5, 5.41) is 0. The van der Waals surface area contributed by atoms with Crippen molar-refractivity contribution in [2.75, 3.05) is 13.1 Å². The van der Waals surface area contributed by atoms with Crippen LogP contribution in [-0.2, 0) is 0 Å². The molecule has 0 aliphatic carbocycles. The fourth-order valence-electron chi connectivity index (χ4n) is 3.25. The van der Waals surface area contributed by atoms with Gasteiger partial charge in [-0.15, -0.1) is 0 Å². The van der Waals surface area contributed by atoms with Crippen molar-refractivity contribution in [1.82, 2.24) is 14.3 Å². The Balaban J connectivity index is 1.38. The maximum Gasteiger partial charge on any atom is 0.274 e. The quantitative estimate of drug-likeness (QED) is 0.724. The highest BCUT2D eigenvalue weighted by Crippen LogP contribution is 2.20. The number of nitrogens with zero attached hydrogens (tertiary/aromatic N) is 3. The topological polar surface area (TPSA) is 46.8 Å². The Morgan fingerprint density at radius 2 is 1.85 bits per heavy atom. The number of benzene rings is 1. The molecule has 2 aromatic heterocycles. The molecule has 6 heteroatoms. The normalized spacial score (nSPS) is 15.4. The number of carbonyl (C=O) groups excluding carboxylic acids is 1. The summed E-state index contributed by atoms with van der Waals surface area (Å²) in [6.45, 7) is 3.25. The van der Waals surface area contributed by atoms with Crippen LogP contribution < -0.4 is 4.74 Å². The number of hydrogen-bond acceptors (Lipinski definition) is 3. The van der Waals surface area contributed by atoms with Gasteiger partial charge >= 0.3 is 0 Å². The molecule has 1 aliphatic rings. The zero-order valence-corrected chi connectivity index (χ0v) is 14.6. The number of imidazole rings is 1. The molecule has 1 saturated heterocycles. The summed E-state index contributed by atoms with van der Waals surface area (Å²) in [4.78, 5) is 19.0. The Kier molecular flexibility index (Phi) is 4.32. The molecular weight excluding hydrogens is 333 g/mol. The summed E-state index contributed by atoms with van der Waals surface area (Å²) < 4.78 is 20.7. The van der Waals surface area contributed by atoms with E-state index in [9.17, 15) is 9.18 Å². The minimum Gasteiger partial charge on any atom is -0.490 e. The number of piperidine rings is 1. The first-order valence-electron chi connectivity index (χ1n) is 8.75. The molecule has 4 rings (SSSR count). The van der Waals surface area contributed by atoms with Gasteiger partial charge in [-0.25, -0.2) is 9.37 Å². The van der Waals surface area contributed by atoms with Crippen molar-refractivity contribution in [3.63, 3.8) is 0 Å². The number of ether oxygens (including phenoxy) is 1. The standard InChI is InChI=1S/C20H20FN3O2/c1-14-2-7-19-22-18(13-24(19)12-14)20(25)23-10-8-17(9-11-23)26-16-5-3-15(21)4-6-16/h2-7,12-13,17H,8-11H2,1H3. The van der Waals surface area contributed by atoms with E-state index in [-0.39, 0.29) is 17.8 Å². The van der Waals surface area contributed by atoms with E-state index in [0.29, 0.717) is 24.5 Å². The second kappa shape index (κ2) is 6.78. The summed E-state index contributed by atoms with van der Waals surface area (Å²) in [7, 11) is 0. The maximum atomic E-state index is 13.0. The average Bonchev–Trinajstić information content (AvgIpc) is 3.07. The minimum absolute atomic E-state index is 0.0354. The first kappa shape index (κ1) is 16.6. The second-order valence-electron chi connectivity index (χ2n) is 6.66. The van der Waals surface area contributed by atoms with Crippen LogP contribution in [0.3, 0.4) is 0 Å². The van der Waals surface area contributed by atoms with Crippen molar-refractivity contribution in [3.05, 3.63) is 65.9 Å². The minimum atomic E-state index is -0.277. The zero-order valence-electron chi connectivity index (χ0n) is 14.6. The Labute approximate surface area is 151 Å². The van der Waals surface area contributed by atoms with Gasteiger partial charge in [0.2, 0.25) is 0 Å². The Bertz CT molecular complexity index is 928. The molecule has 3 aromatic rings. The summed E-state index contributed by atoms with van der Waals surface area (Å²) >= 11 is 0. The third-order valence-electron chi connectivity index (χ3n) is 4.66. The van der Waals surface area contributed by atoms with Gasteiger partial charge in [0.15, 0.2) is 0 Å². The monoisotopic (exact) mass is 353 g/mol. The lowest BCUT2D eigenvalue weighted by atomic mass is 10.1. The number of aromatic nitrogens is 2. The summed E-state index contributed by atoms with van der Waals surface area (Å²) in [6, 6.07) is 9.93. The molecule has 1 aliphatic heterocycles. The van der Waals surface area contributed by atoms with Crippen LogP contribution in [0.5, 0.6) is 5.75 Å². The van der Waals surface area contributed by atoms with Crippen molar-refractivity contribution in [2.45, 2.75) is 25.9 Å². The van der Waals surface area contributed by atoms with E-state index < -0.39 is 0 Å². The smallest absolute Gasteiger partial charge is 0.274 e. The molecule has 0 unspecified atom stereocenters. The van der Waals surface area contributed by atoms with Gasteiger partial charge in [-0.1, -0.05) is 6.07 Å². The Morgan fingerprint density at radius 3 is 2.58 bits per heavy atom. The van der Waals surface area contributed by atoms with Crippen LogP contribution >= 0.6 is 0 Å². The van der Waals surface area contributed by atoms with Gasteiger partial charge in [0.05, 0.1) is 0 Å². The summed E-state index contributed by atoms with van der Waals surface area (Å²) in [5.74, 6) is 0.332. The van der Waals surface area contributed by atoms with E-state index in [0.717, 1.165) is 24.1 Å². The van der Waals surface area contributed by atoms with Crippen LogP contribution in [0, 0.1) is 12.7 Å². The van der Waals surface area contributed by atoms with Crippen molar-refractivity contribution in [2.24, 2.45) is 0 Å². The van der Waals surface area contributed by atoms with Gasteiger partial charge in [0.1, 0.15) is 29.0 Å². The van der Waals surface area contributed by atoms with E-state index in [1.54, 1.807) is 18.3 Å². The fourth-order valence-corrected chi connectivity index (χ4v) is 3.25. The highest BCUT2D eigenvalue weighted by Gasteiger charge is 2.26. The molecular formula is C20H20FN3O2. The predicted molar refractivity (Wildman–Crippen MR) is 95.9 cm³/mol. The number of fused-ring (bicyclic) bond motifs is 1. The number of hydrogen-bond donors (Lipinski definition) is 0. The summed E-state index contributed by atoms with van der Waals surface area (Å²) in [6.07, 6.45) is 5.27. The van der Waals surface area contributed by atoms with Crippen LogP contribution in [0.15, 0.2) is 48.8 Å². The van der Waals surface area contributed by atoms with Crippen LogP contribution in [0.4, 0.5) is 4.39 Å². The number of carbonyl (C=O) groups is 1. The molecule has 0 bridgehead atoms. The third kappa shape index (κ3) is 3.40. The molecule has 0 atom stereocenters. The highest BCUT2D eigenvalue weighted by atomic mass is 19.1. The molecule has 3 heterocycles. The highest BCUT2D eigenvalue weighted by molar-refractivity contribution is 5.93. The van der Waals surface area contributed by atoms with E-state index in [1.807, 2.05) is 34.6 Å². The molecule has 0 radical (unpaired) electrons. The van der Waals surface area contributed by atoms with Crippen molar-refractivity contribution in [3.8, 4) is 5.75 Å². The number of rotatable bonds is 3. The number of aryl methyl sites for hydroxylation is 1. The molecule has 1 amide bonds. The lowest BCUT2D eigenvalue weighted by molar-refractivity contribution is 0.0590. The number of pyridine rings is 1. The van der Waals surface area contributed by atoms with E-state index in [1.165, 1.54) is 12.1 Å². The predicted octanol–water partition coefficient (Wildman–Crippen LogP) is 3.47. The molecule has 1 fully saturated rings. The third-order valence-corrected chi connectivity index (χ3v) is 4.66. The summed E-state index contributed by atoms with van der Waals surface area (Å²) in [5.41, 5.74) is 2.36. The Morgan fingerprint density at radius 1 is 1.12 bits per heavy atom. The molecule has 26 heavy (non-hydrogen) atoms. The molecule has 0 N–H and O–H groups in total. The lowest BCUT2D eigenvalue weighted by Crippen LogP contribution is -2.41. The van der Waals surface area contributed by atoms with Gasteiger partial charge in [0.25, 0.3) is 5.91 Å². The molecule has 1 aromatic carbocycles. The SMILES string of the molecule is Cc1ccc2nc(C(=O)N3CCC(Oc4ccc(F)cc4)CC3)cn2c1. The molecule has 5 nitrogen and oxygen atoms in total. The van der Waals surface area contributed by atoms with E-state index in [4.69, 9.17) is 4.74 Å². The van der Waals surface area contributed by atoms with Gasteiger partial charge in [0, 0.05) is 38.3 Å². The van der Waals surface area contributed by atoms with E-state index in [2.05, 4.69) is 4.98 Å². The maximum absolute atomic E-state index is 13.0. The van der Waals surface area contributed by atoms with Crippen molar-refractivity contribution in [1.29, 1.82) is 0 Å². The fraction of sp³-hybridized carbons (Fsp3) is 0.300. The van der Waals surface area contributed by atoms with E-state index >= 15 is 0 Å². The number of likely N-dealkylation sites (tertiary alicyclic amines) is 1. The van der Waals surface area contributed by atoms with Crippen molar-refractivity contribution >= 4 is 11.6 Å². The lowest BCUT2D eigenvalue weighted by Gasteiger charge is -2.31.